The van der Waals surface area contributed by atoms with E-state index in [0.29, 0.717) is 22.9 Å². The summed E-state index contributed by atoms with van der Waals surface area (Å²) < 4.78 is 5.63. The Morgan fingerprint density at radius 3 is 2.84 bits per heavy atom. The lowest BCUT2D eigenvalue weighted by Gasteiger charge is -2.01. The molecule has 0 aliphatic carbocycles. The molecule has 0 atom stereocenters. The highest BCUT2D eigenvalue weighted by Crippen LogP contribution is 2.32. The van der Waals surface area contributed by atoms with E-state index in [2.05, 4.69) is 5.32 Å². The molecule has 1 heterocycles. The molecule has 2 aromatic rings. The maximum atomic E-state index is 12.0. The van der Waals surface area contributed by atoms with Gasteiger partial charge in [0.25, 0.3) is 5.91 Å². The lowest BCUT2D eigenvalue weighted by Crippen LogP contribution is -2.25. The molecule has 102 valence electrons. The number of carbonyl (C=O) groups is 1. The molecule has 1 aromatic heterocycles. The number of amides is 1. The summed E-state index contributed by atoms with van der Waals surface area (Å²) in [7, 11) is 0. The quantitative estimate of drug-likeness (QED) is 0.873. The van der Waals surface area contributed by atoms with Crippen molar-refractivity contribution in [3.05, 3.63) is 34.0 Å². The average molecular weight is 298 g/mol. The summed E-state index contributed by atoms with van der Waals surface area (Å²) in [6, 6.07) is 3.82. The zero-order chi connectivity index (χ0) is 14.0. The number of rotatable bonds is 4. The van der Waals surface area contributed by atoms with Gasteiger partial charge in [0.1, 0.15) is 0 Å². The maximum Gasteiger partial charge on any atom is 0.287 e. The zero-order valence-corrected chi connectivity index (χ0v) is 12.7. The van der Waals surface area contributed by atoms with Crippen LogP contribution in [0.2, 0.25) is 5.02 Å². The number of carbonyl (C=O) groups excluding carboxylic acids is 1. The third kappa shape index (κ3) is 2.90. The first-order valence-electron chi connectivity index (χ1n) is 6.01. The van der Waals surface area contributed by atoms with Crippen LogP contribution < -0.4 is 5.32 Å². The van der Waals surface area contributed by atoms with E-state index in [1.54, 1.807) is 11.8 Å². The predicted octanol–water partition coefficient (Wildman–Crippen LogP) is 3.80. The van der Waals surface area contributed by atoms with Gasteiger partial charge in [0, 0.05) is 23.2 Å². The number of furan rings is 1. The smallest absolute Gasteiger partial charge is 0.287 e. The third-order valence-electron chi connectivity index (χ3n) is 2.93. The lowest BCUT2D eigenvalue weighted by molar-refractivity contribution is 0.0930. The van der Waals surface area contributed by atoms with Gasteiger partial charge in [-0.1, -0.05) is 11.6 Å². The van der Waals surface area contributed by atoms with Crippen molar-refractivity contribution in [1.29, 1.82) is 0 Å². The normalized spacial score (nSPS) is 10.9. The summed E-state index contributed by atoms with van der Waals surface area (Å²) in [5.41, 5.74) is 2.47. The van der Waals surface area contributed by atoms with Crippen molar-refractivity contribution >= 4 is 40.2 Å². The molecule has 1 aromatic carbocycles. The molecular weight excluding hydrogens is 282 g/mol. The fraction of sp³-hybridized carbons (Fsp3) is 0.357. The lowest BCUT2D eigenvalue weighted by atomic mass is 10.1. The van der Waals surface area contributed by atoms with Gasteiger partial charge in [-0.2, -0.15) is 11.8 Å². The largest absolute Gasteiger partial charge is 0.449 e. The Morgan fingerprint density at radius 1 is 1.42 bits per heavy atom. The highest BCUT2D eigenvalue weighted by atomic mass is 35.5. The van der Waals surface area contributed by atoms with Crippen molar-refractivity contribution in [2.24, 2.45) is 0 Å². The van der Waals surface area contributed by atoms with Gasteiger partial charge in [0.05, 0.1) is 5.02 Å². The monoisotopic (exact) mass is 297 g/mol. The second-order valence-corrected chi connectivity index (χ2v) is 5.82. The van der Waals surface area contributed by atoms with Gasteiger partial charge in [-0.05, 0) is 37.8 Å². The molecule has 0 saturated carbocycles. The highest BCUT2D eigenvalue weighted by Gasteiger charge is 2.19. The van der Waals surface area contributed by atoms with Crippen LogP contribution in [0.1, 0.15) is 21.7 Å². The van der Waals surface area contributed by atoms with Gasteiger partial charge in [-0.15, -0.1) is 0 Å². The van der Waals surface area contributed by atoms with Crippen LogP contribution in [0.5, 0.6) is 0 Å². The molecule has 1 amide bonds. The van der Waals surface area contributed by atoms with E-state index in [1.807, 2.05) is 32.2 Å². The standard InChI is InChI=1S/C14H16ClNO2S/c1-8-6-10-9(2)12(14(17)16-4-5-19-3)18-13(10)11(15)7-8/h6-7H,4-5H2,1-3H3,(H,16,17). The van der Waals surface area contributed by atoms with Crippen LogP contribution in [0, 0.1) is 13.8 Å². The second kappa shape index (κ2) is 5.88. The van der Waals surface area contributed by atoms with E-state index in [0.717, 1.165) is 22.3 Å². The SMILES string of the molecule is CSCCNC(=O)c1oc2c(Cl)cc(C)cc2c1C. The van der Waals surface area contributed by atoms with E-state index >= 15 is 0 Å². The predicted molar refractivity (Wildman–Crippen MR) is 81.4 cm³/mol. The number of fused-ring (bicyclic) bond motifs is 1. The Morgan fingerprint density at radius 2 is 2.16 bits per heavy atom. The summed E-state index contributed by atoms with van der Waals surface area (Å²) in [5, 5.41) is 4.28. The van der Waals surface area contributed by atoms with Crippen LogP contribution in [-0.4, -0.2) is 24.5 Å². The van der Waals surface area contributed by atoms with Gasteiger partial charge >= 0.3 is 0 Å². The van der Waals surface area contributed by atoms with Crippen molar-refractivity contribution in [2.75, 3.05) is 18.6 Å². The zero-order valence-electron chi connectivity index (χ0n) is 11.2. The maximum absolute atomic E-state index is 12.0. The Hall–Kier alpha value is -1.13. The van der Waals surface area contributed by atoms with Crippen LogP contribution in [0.4, 0.5) is 0 Å². The van der Waals surface area contributed by atoms with Crippen LogP contribution in [-0.2, 0) is 0 Å². The number of halogens is 1. The summed E-state index contributed by atoms with van der Waals surface area (Å²) >= 11 is 7.84. The van der Waals surface area contributed by atoms with Gasteiger partial charge in [-0.3, -0.25) is 4.79 Å². The molecule has 1 N–H and O–H groups in total. The van der Waals surface area contributed by atoms with Gasteiger partial charge in [-0.25, -0.2) is 0 Å². The molecule has 19 heavy (non-hydrogen) atoms. The molecule has 5 heteroatoms. The van der Waals surface area contributed by atoms with Crippen molar-refractivity contribution in [1.82, 2.24) is 5.32 Å². The molecule has 0 fully saturated rings. The van der Waals surface area contributed by atoms with E-state index in [9.17, 15) is 4.79 Å². The van der Waals surface area contributed by atoms with Crippen LogP contribution in [0.3, 0.4) is 0 Å². The van der Waals surface area contributed by atoms with Crippen molar-refractivity contribution in [2.45, 2.75) is 13.8 Å². The Kier molecular flexibility index (Phi) is 4.42. The van der Waals surface area contributed by atoms with E-state index < -0.39 is 0 Å². The number of thioether (sulfide) groups is 1. The number of hydrogen-bond donors (Lipinski definition) is 1. The molecule has 2 rings (SSSR count). The summed E-state index contributed by atoms with van der Waals surface area (Å²) in [5.74, 6) is 1.05. The fourth-order valence-electron chi connectivity index (χ4n) is 1.98. The van der Waals surface area contributed by atoms with Crippen LogP contribution in [0.25, 0.3) is 11.0 Å². The summed E-state index contributed by atoms with van der Waals surface area (Å²) in [6.45, 7) is 4.48. The van der Waals surface area contributed by atoms with Gasteiger partial charge in [0.15, 0.2) is 11.3 Å². The Labute approximate surface area is 121 Å². The topological polar surface area (TPSA) is 42.2 Å². The molecular formula is C14H16ClNO2S. The molecule has 0 radical (unpaired) electrons. The van der Waals surface area contributed by atoms with Crippen LogP contribution >= 0.6 is 23.4 Å². The van der Waals surface area contributed by atoms with Gasteiger partial charge in [0.2, 0.25) is 0 Å². The molecule has 3 nitrogen and oxygen atoms in total. The van der Waals surface area contributed by atoms with E-state index in [1.165, 1.54) is 0 Å². The molecule has 0 aliphatic heterocycles. The van der Waals surface area contributed by atoms with E-state index in [4.69, 9.17) is 16.0 Å². The first-order valence-corrected chi connectivity index (χ1v) is 7.78. The Bertz CT molecular complexity index is 621. The second-order valence-electron chi connectivity index (χ2n) is 4.43. The molecule has 0 saturated heterocycles. The third-order valence-corrected chi connectivity index (χ3v) is 3.83. The number of hydrogen-bond acceptors (Lipinski definition) is 3. The minimum Gasteiger partial charge on any atom is -0.449 e. The number of nitrogens with one attached hydrogen (secondary N) is 1. The minimum atomic E-state index is -0.184. The fourth-order valence-corrected chi connectivity index (χ4v) is 2.59. The highest BCUT2D eigenvalue weighted by molar-refractivity contribution is 7.98. The van der Waals surface area contributed by atoms with Crippen LogP contribution in [0.15, 0.2) is 16.5 Å². The minimum absolute atomic E-state index is 0.184. The number of benzene rings is 1. The summed E-state index contributed by atoms with van der Waals surface area (Å²) in [6.07, 6.45) is 2.00. The first kappa shape index (κ1) is 14.3. The molecule has 0 aliphatic rings. The molecule has 0 bridgehead atoms. The molecule has 0 spiro atoms. The van der Waals surface area contributed by atoms with E-state index in [-0.39, 0.29) is 5.91 Å². The van der Waals surface area contributed by atoms with Crippen molar-refractivity contribution < 1.29 is 9.21 Å². The van der Waals surface area contributed by atoms with Gasteiger partial charge < -0.3 is 9.73 Å². The average Bonchev–Trinajstić information content (AvgIpc) is 2.68. The first-order chi connectivity index (χ1) is 9.04. The van der Waals surface area contributed by atoms with Crippen molar-refractivity contribution in [3.8, 4) is 0 Å². The number of aryl methyl sites for hydroxylation is 2. The molecule has 0 unspecified atom stereocenters. The Balaban J connectivity index is 2.37. The summed E-state index contributed by atoms with van der Waals surface area (Å²) in [4.78, 5) is 12.0. The van der Waals surface area contributed by atoms with Crippen molar-refractivity contribution in [3.63, 3.8) is 0 Å².